The van der Waals surface area contributed by atoms with E-state index in [1.807, 2.05) is 13.0 Å². The van der Waals surface area contributed by atoms with Crippen LogP contribution in [0, 0.1) is 6.92 Å². The van der Waals surface area contributed by atoms with Gasteiger partial charge < -0.3 is 10.7 Å². The zero-order valence-electron chi connectivity index (χ0n) is 10.6. The number of hydrogen-bond acceptors (Lipinski definition) is 5. The van der Waals surface area contributed by atoms with Gasteiger partial charge in [0, 0.05) is 6.20 Å². The molecule has 0 radical (unpaired) electrons. The van der Waals surface area contributed by atoms with E-state index in [4.69, 9.17) is 5.84 Å². The molecule has 6 heteroatoms. The molecular formula is C13H15N5O. The Balaban J connectivity index is 2.10. The Kier molecular flexibility index (Phi) is 4.04. The number of amides is 1. The molecular weight excluding hydrogens is 242 g/mol. The number of aromatic nitrogens is 2. The zero-order valence-corrected chi connectivity index (χ0v) is 10.6. The molecule has 0 aliphatic heterocycles. The fourth-order valence-electron chi connectivity index (χ4n) is 1.66. The first-order chi connectivity index (χ1) is 9.20. The lowest BCUT2D eigenvalue weighted by Crippen LogP contribution is -2.25. The molecule has 0 bridgehead atoms. The molecule has 1 amide bonds. The summed E-state index contributed by atoms with van der Waals surface area (Å²) in [6.07, 6.45) is 3.08. The normalized spacial score (nSPS) is 10.0. The number of carbonyl (C=O) groups excluding carboxylic acids is 1. The third-order valence-corrected chi connectivity index (χ3v) is 2.65. The first-order valence-electron chi connectivity index (χ1n) is 5.81. The van der Waals surface area contributed by atoms with Crippen LogP contribution in [0.5, 0.6) is 0 Å². The summed E-state index contributed by atoms with van der Waals surface area (Å²) >= 11 is 0. The number of aryl methyl sites for hydroxylation is 1. The highest BCUT2D eigenvalue weighted by atomic mass is 16.1. The van der Waals surface area contributed by atoms with Crippen molar-refractivity contribution in [3.63, 3.8) is 0 Å². The second kappa shape index (κ2) is 5.92. The number of carbonyl (C=O) groups is 1. The fourth-order valence-corrected chi connectivity index (χ4v) is 1.66. The molecule has 0 spiro atoms. The highest BCUT2D eigenvalue weighted by Crippen LogP contribution is 2.16. The Morgan fingerprint density at radius 2 is 2.21 bits per heavy atom. The van der Waals surface area contributed by atoms with Crippen LogP contribution in [0.4, 0.5) is 5.69 Å². The Morgan fingerprint density at radius 1 is 1.37 bits per heavy atom. The number of benzene rings is 1. The van der Waals surface area contributed by atoms with Gasteiger partial charge in [-0.05, 0) is 25.1 Å². The maximum atomic E-state index is 12.1. The third kappa shape index (κ3) is 3.26. The van der Waals surface area contributed by atoms with E-state index in [2.05, 4.69) is 20.7 Å². The van der Waals surface area contributed by atoms with Gasteiger partial charge in [0.15, 0.2) is 0 Å². The molecule has 0 unspecified atom stereocenters. The van der Waals surface area contributed by atoms with Crippen LogP contribution >= 0.6 is 0 Å². The fraction of sp³-hybridized carbons (Fsp3) is 0.154. The van der Waals surface area contributed by atoms with Crippen molar-refractivity contribution in [3.8, 4) is 0 Å². The number of hydrazine groups is 1. The minimum atomic E-state index is -0.199. The van der Waals surface area contributed by atoms with Gasteiger partial charge in [-0.25, -0.2) is 9.97 Å². The molecule has 1 aromatic heterocycles. The smallest absolute Gasteiger partial charge is 0.253 e. The molecule has 0 fully saturated rings. The van der Waals surface area contributed by atoms with Crippen LogP contribution in [0.25, 0.3) is 0 Å². The number of nitrogens with two attached hydrogens (primary N) is 1. The molecule has 6 nitrogen and oxygen atoms in total. The van der Waals surface area contributed by atoms with Crippen LogP contribution in [0.1, 0.15) is 21.6 Å². The maximum absolute atomic E-state index is 12.1. The first-order valence-corrected chi connectivity index (χ1v) is 5.81. The summed E-state index contributed by atoms with van der Waals surface area (Å²) in [7, 11) is 0. The van der Waals surface area contributed by atoms with E-state index in [9.17, 15) is 4.79 Å². The number of rotatable bonds is 4. The Morgan fingerprint density at radius 3 is 2.89 bits per heavy atom. The average Bonchev–Trinajstić information content (AvgIpc) is 2.46. The Bertz CT molecular complexity index is 571. The maximum Gasteiger partial charge on any atom is 0.253 e. The van der Waals surface area contributed by atoms with E-state index in [0.717, 1.165) is 11.3 Å². The highest BCUT2D eigenvalue weighted by Gasteiger charge is 2.11. The topological polar surface area (TPSA) is 92.9 Å². The van der Waals surface area contributed by atoms with Gasteiger partial charge in [-0.1, -0.05) is 11.6 Å². The molecule has 4 N–H and O–H groups in total. The second-order valence-electron chi connectivity index (χ2n) is 4.08. The van der Waals surface area contributed by atoms with Crippen LogP contribution in [0.3, 0.4) is 0 Å². The minimum absolute atomic E-state index is 0.199. The van der Waals surface area contributed by atoms with Gasteiger partial charge >= 0.3 is 0 Å². The molecule has 0 aliphatic rings. The number of nitrogens with zero attached hydrogens (tertiary/aromatic N) is 2. The monoisotopic (exact) mass is 257 g/mol. The number of anilines is 1. The summed E-state index contributed by atoms with van der Waals surface area (Å²) in [5.74, 6) is 5.20. The SMILES string of the molecule is Cc1ccc(NN)c(C(=O)NCc2ccncn2)c1. The van der Waals surface area contributed by atoms with E-state index in [1.54, 1.807) is 24.4 Å². The predicted octanol–water partition coefficient (Wildman–Crippen LogP) is 1.00. The van der Waals surface area contributed by atoms with E-state index >= 15 is 0 Å². The van der Waals surface area contributed by atoms with Crippen LogP contribution in [-0.2, 0) is 6.54 Å². The largest absolute Gasteiger partial charge is 0.346 e. The molecule has 0 saturated heterocycles. The van der Waals surface area contributed by atoms with Gasteiger partial charge in [-0.3, -0.25) is 10.6 Å². The summed E-state index contributed by atoms with van der Waals surface area (Å²) < 4.78 is 0. The Labute approximate surface area is 111 Å². The van der Waals surface area contributed by atoms with Crippen LogP contribution in [0.2, 0.25) is 0 Å². The minimum Gasteiger partial charge on any atom is -0.346 e. The van der Waals surface area contributed by atoms with Gasteiger partial charge in [0.25, 0.3) is 5.91 Å². The van der Waals surface area contributed by atoms with E-state index in [1.165, 1.54) is 6.33 Å². The van der Waals surface area contributed by atoms with Gasteiger partial charge in [0.1, 0.15) is 6.33 Å². The van der Waals surface area contributed by atoms with Crippen molar-refractivity contribution in [2.24, 2.45) is 5.84 Å². The number of nitrogens with one attached hydrogen (secondary N) is 2. The summed E-state index contributed by atoms with van der Waals surface area (Å²) in [6, 6.07) is 7.19. The van der Waals surface area contributed by atoms with Crippen LogP contribution < -0.4 is 16.6 Å². The third-order valence-electron chi connectivity index (χ3n) is 2.65. The van der Waals surface area contributed by atoms with Crippen molar-refractivity contribution in [2.45, 2.75) is 13.5 Å². The zero-order chi connectivity index (χ0) is 13.7. The standard InChI is InChI=1S/C13H15N5O/c1-9-2-3-12(18-14)11(6-9)13(19)16-7-10-4-5-15-8-17-10/h2-6,8,18H,7,14H2,1H3,(H,16,19). The summed E-state index contributed by atoms with van der Waals surface area (Å²) in [5, 5.41) is 2.79. The van der Waals surface area contributed by atoms with Crippen molar-refractivity contribution in [3.05, 3.63) is 53.6 Å². The van der Waals surface area contributed by atoms with Crippen LogP contribution in [0.15, 0.2) is 36.8 Å². The number of nitrogen functional groups attached to an aromatic ring is 1. The van der Waals surface area contributed by atoms with Gasteiger partial charge in [-0.15, -0.1) is 0 Å². The highest BCUT2D eigenvalue weighted by molar-refractivity contribution is 5.99. The number of hydrogen-bond donors (Lipinski definition) is 3. The predicted molar refractivity (Wildman–Crippen MR) is 72.2 cm³/mol. The molecule has 0 saturated carbocycles. The lowest BCUT2D eigenvalue weighted by atomic mass is 10.1. The molecule has 0 aliphatic carbocycles. The van der Waals surface area contributed by atoms with E-state index in [0.29, 0.717) is 17.8 Å². The van der Waals surface area contributed by atoms with E-state index < -0.39 is 0 Å². The quantitative estimate of drug-likeness (QED) is 0.561. The van der Waals surface area contributed by atoms with Crippen molar-refractivity contribution in [1.82, 2.24) is 15.3 Å². The first kappa shape index (κ1) is 13.0. The average molecular weight is 257 g/mol. The van der Waals surface area contributed by atoms with Gasteiger partial charge in [0.2, 0.25) is 0 Å². The molecule has 1 heterocycles. The molecule has 19 heavy (non-hydrogen) atoms. The van der Waals surface area contributed by atoms with Crippen molar-refractivity contribution < 1.29 is 4.79 Å². The van der Waals surface area contributed by atoms with Crippen LogP contribution in [-0.4, -0.2) is 15.9 Å². The van der Waals surface area contributed by atoms with Crippen molar-refractivity contribution in [2.75, 3.05) is 5.43 Å². The molecule has 0 atom stereocenters. The summed E-state index contributed by atoms with van der Waals surface area (Å²) in [6.45, 7) is 2.26. The summed E-state index contributed by atoms with van der Waals surface area (Å²) in [5.41, 5.74) is 5.36. The Hall–Kier alpha value is -2.47. The second-order valence-corrected chi connectivity index (χ2v) is 4.08. The molecule has 98 valence electrons. The molecule has 2 aromatic rings. The van der Waals surface area contributed by atoms with Gasteiger partial charge in [0.05, 0.1) is 23.5 Å². The van der Waals surface area contributed by atoms with Crippen molar-refractivity contribution >= 4 is 11.6 Å². The lowest BCUT2D eigenvalue weighted by Gasteiger charge is -2.10. The molecule has 1 aromatic carbocycles. The van der Waals surface area contributed by atoms with E-state index in [-0.39, 0.29) is 5.91 Å². The van der Waals surface area contributed by atoms with Crippen molar-refractivity contribution in [1.29, 1.82) is 0 Å². The lowest BCUT2D eigenvalue weighted by molar-refractivity contribution is 0.0951. The van der Waals surface area contributed by atoms with Gasteiger partial charge in [-0.2, -0.15) is 0 Å². The molecule has 2 rings (SSSR count). The summed E-state index contributed by atoms with van der Waals surface area (Å²) in [4.78, 5) is 20.0.